The van der Waals surface area contributed by atoms with Crippen LogP contribution >= 0.6 is 0 Å². The lowest BCUT2D eigenvalue weighted by atomic mass is 9.81. The van der Waals surface area contributed by atoms with Crippen LogP contribution in [0, 0.1) is 5.92 Å². The average molecular weight is 464 g/mol. The average Bonchev–Trinajstić information content (AvgIpc) is 3.17. The maximum Gasteiger partial charge on any atom is 0.322 e. The molecule has 0 heterocycles. The lowest BCUT2D eigenvalue weighted by molar-refractivity contribution is -0.221. The molecule has 0 radical (unpaired) electrons. The van der Waals surface area contributed by atoms with E-state index in [-0.39, 0.29) is 29.9 Å². The first-order valence-corrected chi connectivity index (χ1v) is 15.0. The van der Waals surface area contributed by atoms with Crippen LogP contribution in [0.1, 0.15) is 52.9 Å². The Morgan fingerprint density at radius 2 is 1.69 bits per heavy atom. The van der Waals surface area contributed by atoms with E-state index in [2.05, 4.69) is 50.3 Å². The van der Waals surface area contributed by atoms with Gasteiger partial charge < -0.3 is 14.3 Å². The number of esters is 2. The highest BCUT2D eigenvalue weighted by atomic mass is 28.3. The molecule has 1 saturated carbocycles. The van der Waals surface area contributed by atoms with Crippen molar-refractivity contribution in [2.24, 2.45) is 5.92 Å². The Morgan fingerprint density at radius 3 is 2.25 bits per heavy atom. The first-order valence-electron chi connectivity index (χ1n) is 11.9. The molecule has 1 aliphatic carbocycles. The highest BCUT2D eigenvalue weighted by molar-refractivity contribution is 6.91. The largest absolute Gasteiger partial charge is 0.466 e. The van der Waals surface area contributed by atoms with Crippen molar-refractivity contribution in [2.45, 2.75) is 77.0 Å². The summed E-state index contributed by atoms with van der Waals surface area (Å²) in [7, 11) is -0.238. The molecule has 1 aromatic rings. The Hall–Kier alpha value is -1.70. The minimum atomic E-state index is -1.87. The normalized spacial score (nSPS) is 23.3. The minimum Gasteiger partial charge on any atom is -0.466 e. The highest BCUT2D eigenvalue weighted by Crippen LogP contribution is 2.55. The molecule has 1 aliphatic rings. The van der Waals surface area contributed by atoms with Gasteiger partial charge in [-0.25, -0.2) is 0 Å². The summed E-state index contributed by atoms with van der Waals surface area (Å²) in [6.07, 6.45) is 3.93. The van der Waals surface area contributed by atoms with E-state index in [0.717, 1.165) is 25.7 Å². The molecule has 1 aromatic carbocycles. The molecular weight excluding hydrogens is 422 g/mol. The lowest BCUT2D eigenvalue weighted by Gasteiger charge is -2.46. The molecule has 0 amide bonds. The maximum absolute atomic E-state index is 12.4. The van der Waals surface area contributed by atoms with Crippen LogP contribution in [0.4, 0.5) is 0 Å². The van der Waals surface area contributed by atoms with Crippen LogP contribution in [0.3, 0.4) is 0 Å². The van der Waals surface area contributed by atoms with E-state index >= 15 is 0 Å². The van der Waals surface area contributed by atoms with Gasteiger partial charge in [0, 0.05) is 12.0 Å². The Labute approximate surface area is 194 Å². The van der Waals surface area contributed by atoms with Gasteiger partial charge in [0.05, 0.1) is 28.4 Å². The van der Waals surface area contributed by atoms with E-state index in [1.807, 2.05) is 18.9 Å². The maximum atomic E-state index is 12.4. The van der Waals surface area contributed by atoms with Crippen LogP contribution in [0.2, 0.25) is 18.6 Å². The summed E-state index contributed by atoms with van der Waals surface area (Å²) >= 11 is 0. The SMILES string of the molecule is CCOC(=O)CC[C@@H]1[C@@H]([Si](C)(C)c2ccccc2)CC[C@]1(CC)N(CC(=O)OCC)OC. The van der Waals surface area contributed by atoms with Crippen LogP contribution in [-0.2, 0) is 23.9 Å². The molecule has 0 aliphatic heterocycles. The van der Waals surface area contributed by atoms with Gasteiger partial charge in [-0.3, -0.25) is 9.59 Å². The fraction of sp³-hybridized carbons (Fsp3) is 0.680. The van der Waals surface area contributed by atoms with Crippen molar-refractivity contribution in [3.63, 3.8) is 0 Å². The smallest absolute Gasteiger partial charge is 0.322 e. The molecule has 0 unspecified atom stereocenters. The molecule has 3 atom stereocenters. The molecule has 7 heteroatoms. The van der Waals surface area contributed by atoms with Crippen molar-refractivity contribution in [1.82, 2.24) is 5.06 Å². The standard InChI is InChI=1S/C25H41NO5Si/c1-7-25(26(29-4)19-24(28)31-9-3)18-17-22(21(25)15-16-23(27)30-8-2)32(5,6)20-13-11-10-12-14-20/h10-14,21-22H,7-9,15-19H2,1-6H3/t21-,22+,25+/m1/s1. The number of ether oxygens (including phenoxy) is 2. The predicted molar refractivity (Wildman–Crippen MR) is 129 cm³/mol. The number of carbonyl (C=O) groups excluding carboxylic acids is 2. The van der Waals surface area contributed by atoms with Crippen molar-refractivity contribution >= 4 is 25.2 Å². The summed E-state index contributed by atoms with van der Waals surface area (Å²) < 4.78 is 10.5. The highest BCUT2D eigenvalue weighted by Gasteiger charge is 2.56. The molecule has 32 heavy (non-hydrogen) atoms. The van der Waals surface area contributed by atoms with Crippen molar-refractivity contribution in [1.29, 1.82) is 0 Å². The summed E-state index contributed by atoms with van der Waals surface area (Å²) in [6, 6.07) is 10.8. The topological polar surface area (TPSA) is 65.1 Å². The summed E-state index contributed by atoms with van der Waals surface area (Å²) in [6.45, 7) is 11.5. The summed E-state index contributed by atoms with van der Waals surface area (Å²) in [5, 5.41) is 3.27. The number of benzene rings is 1. The molecule has 0 N–H and O–H groups in total. The van der Waals surface area contributed by atoms with Gasteiger partial charge in [0.1, 0.15) is 6.54 Å². The van der Waals surface area contributed by atoms with Gasteiger partial charge in [-0.1, -0.05) is 62.0 Å². The fourth-order valence-corrected chi connectivity index (χ4v) is 9.57. The van der Waals surface area contributed by atoms with E-state index in [1.54, 1.807) is 7.11 Å². The second-order valence-corrected chi connectivity index (χ2v) is 13.9. The molecule has 180 valence electrons. The summed E-state index contributed by atoms with van der Waals surface area (Å²) in [5.74, 6) is -0.223. The molecule has 2 rings (SSSR count). The zero-order chi connectivity index (χ0) is 23.8. The van der Waals surface area contributed by atoms with Crippen LogP contribution in [0.25, 0.3) is 0 Å². The molecule has 0 bridgehead atoms. The molecule has 1 fully saturated rings. The first-order chi connectivity index (χ1) is 15.3. The van der Waals surface area contributed by atoms with Gasteiger partial charge >= 0.3 is 11.9 Å². The lowest BCUT2D eigenvalue weighted by Crippen LogP contribution is -2.56. The number of rotatable bonds is 12. The van der Waals surface area contributed by atoms with Crippen LogP contribution in [-0.4, -0.2) is 57.5 Å². The van der Waals surface area contributed by atoms with E-state index in [4.69, 9.17) is 14.3 Å². The van der Waals surface area contributed by atoms with E-state index in [9.17, 15) is 9.59 Å². The van der Waals surface area contributed by atoms with Gasteiger partial charge in [-0.05, 0) is 44.6 Å². The van der Waals surface area contributed by atoms with Crippen LogP contribution < -0.4 is 5.19 Å². The third-order valence-corrected chi connectivity index (χ3v) is 11.7. The summed E-state index contributed by atoms with van der Waals surface area (Å²) in [5.41, 5.74) is 0.136. The van der Waals surface area contributed by atoms with Gasteiger partial charge in [0.15, 0.2) is 0 Å². The van der Waals surface area contributed by atoms with Crippen molar-refractivity contribution in [3.8, 4) is 0 Å². The van der Waals surface area contributed by atoms with Crippen LogP contribution in [0.5, 0.6) is 0 Å². The molecule has 0 saturated heterocycles. The number of hydrogen-bond acceptors (Lipinski definition) is 6. The Morgan fingerprint density at radius 1 is 1.06 bits per heavy atom. The third-order valence-electron chi connectivity index (χ3n) is 7.38. The number of carbonyl (C=O) groups is 2. The zero-order valence-corrected chi connectivity index (χ0v) is 21.7. The number of nitrogens with zero attached hydrogens (tertiary/aromatic N) is 1. The fourth-order valence-electron chi connectivity index (χ4n) is 5.74. The van der Waals surface area contributed by atoms with Gasteiger partial charge in [-0.15, -0.1) is 0 Å². The van der Waals surface area contributed by atoms with E-state index < -0.39 is 8.07 Å². The van der Waals surface area contributed by atoms with Crippen molar-refractivity contribution < 1.29 is 23.9 Å². The molecular formula is C25H41NO5Si. The first kappa shape index (κ1) is 26.5. The Balaban J connectivity index is 2.42. The number of hydrogen-bond donors (Lipinski definition) is 0. The Kier molecular flexibility index (Phi) is 9.92. The van der Waals surface area contributed by atoms with Crippen molar-refractivity contribution in [3.05, 3.63) is 30.3 Å². The monoisotopic (exact) mass is 463 g/mol. The van der Waals surface area contributed by atoms with Crippen molar-refractivity contribution in [2.75, 3.05) is 26.9 Å². The van der Waals surface area contributed by atoms with Crippen LogP contribution in [0.15, 0.2) is 30.3 Å². The second kappa shape index (κ2) is 12.0. The summed E-state index contributed by atoms with van der Waals surface area (Å²) in [4.78, 5) is 30.5. The third kappa shape index (κ3) is 5.80. The molecule has 0 spiro atoms. The number of hydroxylamine groups is 2. The quantitative estimate of drug-likeness (QED) is 0.262. The van der Waals surface area contributed by atoms with E-state index in [1.165, 1.54) is 5.19 Å². The Bertz CT molecular complexity index is 741. The molecule has 6 nitrogen and oxygen atoms in total. The molecule has 0 aromatic heterocycles. The van der Waals surface area contributed by atoms with Gasteiger partial charge in [0.25, 0.3) is 0 Å². The predicted octanol–water partition coefficient (Wildman–Crippen LogP) is 4.30. The van der Waals surface area contributed by atoms with Gasteiger partial charge in [0.2, 0.25) is 0 Å². The minimum absolute atomic E-state index is 0.0914. The zero-order valence-electron chi connectivity index (χ0n) is 20.7. The van der Waals surface area contributed by atoms with E-state index in [0.29, 0.717) is 25.2 Å². The van der Waals surface area contributed by atoms with Gasteiger partial charge in [-0.2, -0.15) is 5.06 Å². The second-order valence-electron chi connectivity index (χ2n) is 9.16.